The molecule has 6 heteroatoms. The van der Waals surface area contributed by atoms with Gasteiger partial charge in [-0.1, -0.05) is 252 Å². The van der Waals surface area contributed by atoms with Crippen molar-refractivity contribution in [1.82, 2.24) is 0 Å². The molecule has 0 saturated heterocycles. The second-order valence-electron chi connectivity index (χ2n) is 19.2. The summed E-state index contributed by atoms with van der Waals surface area (Å²) in [5.74, 6) is -0.910. The highest BCUT2D eigenvalue weighted by Gasteiger charge is 2.19. The lowest BCUT2D eigenvalue weighted by Gasteiger charge is -2.18. The van der Waals surface area contributed by atoms with Gasteiger partial charge < -0.3 is 14.2 Å². The number of carbonyl (C=O) groups excluding carboxylic acids is 3. The number of rotatable bonds is 52. The van der Waals surface area contributed by atoms with Crippen molar-refractivity contribution in [2.24, 2.45) is 0 Å². The van der Waals surface area contributed by atoms with Crippen LogP contribution in [0.4, 0.5) is 0 Å². The van der Waals surface area contributed by atoms with Crippen molar-refractivity contribution in [2.45, 2.75) is 271 Å². The minimum atomic E-state index is -0.785. The van der Waals surface area contributed by atoms with Crippen LogP contribution in [0.1, 0.15) is 265 Å². The molecule has 0 heterocycles. The Morgan fingerprint density at radius 2 is 0.577 bits per heavy atom. The minimum Gasteiger partial charge on any atom is -0.462 e. The van der Waals surface area contributed by atoms with E-state index in [0.717, 1.165) is 135 Å². The van der Waals surface area contributed by atoms with Gasteiger partial charge >= 0.3 is 17.9 Å². The first kappa shape index (κ1) is 67.1. The summed E-state index contributed by atoms with van der Waals surface area (Å²) in [7, 11) is 0. The maximum Gasteiger partial charge on any atom is 0.306 e. The quantitative estimate of drug-likeness (QED) is 0.0261. The lowest BCUT2D eigenvalue weighted by Crippen LogP contribution is -2.30. The maximum absolute atomic E-state index is 12.8. The van der Waals surface area contributed by atoms with Crippen LogP contribution in [0.3, 0.4) is 0 Å². The SMILES string of the molecule is CC/C=C\C/C=C\C/C=C\C/C=C\C/C=C\C/C=C\C/C=C\C/C=C\CCCCCCCCC(=O)OCC(COC(=O)CCCCCCC/C=C\CCC)OC(=O)CCCCCCCCCCCCCC. The molecule has 0 bridgehead atoms. The molecule has 0 radical (unpaired) electrons. The number of hydrogen-bond donors (Lipinski definition) is 0. The average Bonchev–Trinajstić information content (AvgIpc) is 3.37. The third kappa shape index (κ3) is 56.9. The maximum atomic E-state index is 12.8. The standard InChI is InChI=1S/C65H108O6/c1-4-7-10-13-16-19-22-24-25-26-27-28-29-30-31-32-33-34-35-36-37-38-39-40-41-42-44-46-49-52-55-58-64(67)70-61-62(60-69-63(66)57-54-51-48-45-21-18-15-12-9-6-3)71-65(68)59-56-53-50-47-43-23-20-17-14-11-8-5-2/h7,10,12,15-16,19,24-25,27-28,30-31,33-34,36-37,39-40,62H,4-6,8-9,11,13-14,17-18,20-23,26,29,32,35,38,41-61H2,1-3H3/b10-7-,15-12-,19-16-,25-24-,28-27-,31-30-,34-33-,37-36-,40-39-. The predicted molar refractivity (Wildman–Crippen MR) is 307 cm³/mol. The zero-order valence-corrected chi connectivity index (χ0v) is 46.2. The predicted octanol–water partition coefficient (Wildman–Crippen LogP) is 19.9. The first-order valence-electron chi connectivity index (χ1n) is 29.4. The van der Waals surface area contributed by atoms with Gasteiger partial charge in [0.2, 0.25) is 0 Å². The number of esters is 3. The van der Waals surface area contributed by atoms with Gasteiger partial charge in [-0.3, -0.25) is 14.4 Å². The Hall–Kier alpha value is -3.93. The van der Waals surface area contributed by atoms with Crippen LogP contribution in [0.15, 0.2) is 109 Å². The molecule has 404 valence electrons. The summed E-state index contributed by atoms with van der Waals surface area (Å²) in [6.45, 7) is 6.44. The van der Waals surface area contributed by atoms with Crippen LogP contribution in [-0.4, -0.2) is 37.2 Å². The monoisotopic (exact) mass is 985 g/mol. The van der Waals surface area contributed by atoms with E-state index < -0.39 is 6.10 Å². The molecule has 1 atom stereocenters. The summed E-state index contributed by atoms with van der Waals surface area (Å²) in [4.78, 5) is 38.0. The minimum absolute atomic E-state index is 0.0860. The molecule has 0 aromatic rings. The molecule has 0 saturated carbocycles. The number of unbranched alkanes of at least 4 members (excludes halogenated alkanes) is 23. The fourth-order valence-corrected chi connectivity index (χ4v) is 7.87. The molecule has 0 fully saturated rings. The molecule has 71 heavy (non-hydrogen) atoms. The largest absolute Gasteiger partial charge is 0.462 e. The first-order valence-corrected chi connectivity index (χ1v) is 29.4. The van der Waals surface area contributed by atoms with E-state index in [1.165, 1.54) is 89.9 Å². The van der Waals surface area contributed by atoms with Crippen LogP contribution in [-0.2, 0) is 28.6 Å². The summed E-state index contributed by atoms with van der Waals surface area (Å²) in [5.41, 5.74) is 0. The van der Waals surface area contributed by atoms with Crippen LogP contribution in [0.2, 0.25) is 0 Å². The lowest BCUT2D eigenvalue weighted by molar-refractivity contribution is -0.167. The highest BCUT2D eigenvalue weighted by atomic mass is 16.6. The van der Waals surface area contributed by atoms with Gasteiger partial charge in [0.1, 0.15) is 13.2 Å². The molecule has 0 rings (SSSR count). The summed E-state index contributed by atoms with van der Waals surface area (Å²) in [5, 5.41) is 0. The van der Waals surface area contributed by atoms with Gasteiger partial charge in [-0.2, -0.15) is 0 Å². The summed E-state index contributed by atoms with van der Waals surface area (Å²) in [6.07, 6.45) is 79.5. The molecular formula is C65H108O6. The Morgan fingerprint density at radius 3 is 0.930 bits per heavy atom. The van der Waals surface area contributed by atoms with E-state index >= 15 is 0 Å². The summed E-state index contributed by atoms with van der Waals surface area (Å²) < 4.78 is 16.8. The third-order valence-electron chi connectivity index (χ3n) is 12.2. The van der Waals surface area contributed by atoms with Gasteiger partial charge in [0.25, 0.3) is 0 Å². The van der Waals surface area contributed by atoms with Gasteiger partial charge in [-0.25, -0.2) is 0 Å². The Bertz CT molecular complexity index is 1460. The van der Waals surface area contributed by atoms with Gasteiger partial charge in [0.15, 0.2) is 6.10 Å². The zero-order valence-electron chi connectivity index (χ0n) is 46.2. The molecule has 0 N–H and O–H groups in total. The van der Waals surface area contributed by atoms with Crippen LogP contribution >= 0.6 is 0 Å². The van der Waals surface area contributed by atoms with Gasteiger partial charge in [-0.15, -0.1) is 0 Å². The van der Waals surface area contributed by atoms with Crippen molar-refractivity contribution >= 4 is 17.9 Å². The van der Waals surface area contributed by atoms with E-state index in [9.17, 15) is 14.4 Å². The van der Waals surface area contributed by atoms with Crippen molar-refractivity contribution < 1.29 is 28.6 Å². The molecule has 0 aliphatic carbocycles. The number of ether oxygens (including phenoxy) is 3. The molecule has 0 amide bonds. The second kappa shape index (κ2) is 58.6. The van der Waals surface area contributed by atoms with E-state index in [4.69, 9.17) is 14.2 Å². The summed E-state index contributed by atoms with van der Waals surface area (Å²) in [6, 6.07) is 0. The molecule has 0 aliphatic heterocycles. The Balaban J connectivity index is 4.23. The van der Waals surface area contributed by atoms with E-state index in [1.54, 1.807) is 0 Å². The molecule has 0 aromatic carbocycles. The average molecular weight is 986 g/mol. The molecule has 0 spiro atoms. The van der Waals surface area contributed by atoms with Crippen molar-refractivity contribution in [2.75, 3.05) is 13.2 Å². The Kier molecular flexibility index (Phi) is 55.4. The van der Waals surface area contributed by atoms with Crippen molar-refractivity contribution in [3.8, 4) is 0 Å². The van der Waals surface area contributed by atoms with Crippen LogP contribution in [0.25, 0.3) is 0 Å². The van der Waals surface area contributed by atoms with E-state index in [2.05, 4.69) is 130 Å². The van der Waals surface area contributed by atoms with Crippen molar-refractivity contribution in [1.29, 1.82) is 0 Å². The number of hydrogen-bond acceptors (Lipinski definition) is 6. The van der Waals surface area contributed by atoms with Crippen molar-refractivity contribution in [3.05, 3.63) is 109 Å². The highest BCUT2D eigenvalue weighted by Crippen LogP contribution is 2.15. The van der Waals surface area contributed by atoms with Gasteiger partial charge in [0.05, 0.1) is 0 Å². The molecule has 1 unspecified atom stereocenters. The topological polar surface area (TPSA) is 78.9 Å². The molecular weight excluding hydrogens is 877 g/mol. The molecule has 6 nitrogen and oxygen atoms in total. The van der Waals surface area contributed by atoms with Crippen LogP contribution < -0.4 is 0 Å². The van der Waals surface area contributed by atoms with E-state index in [-0.39, 0.29) is 31.1 Å². The van der Waals surface area contributed by atoms with Gasteiger partial charge in [-0.05, 0) is 103 Å². The van der Waals surface area contributed by atoms with E-state index in [0.29, 0.717) is 19.3 Å². The van der Waals surface area contributed by atoms with E-state index in [1.807, 2.05) is 0 Å². The number of allylic oxidation sites excluding steroid dienone is 18. The summed E-state index contributed by atoms with van der Waals surface area (Å²) >= 11 is 0. The smallest absolute Gasteiger partial charge is 0.306 e. The van der Waals surface area contributed by atoms with Crippen LogP contribution in [0.5, 0.6) is 0 Å². The molecule has 0 aromatic heterocycles. The third-order valence-corrected chi connectivity index (χ3v) is 12.2. The first-order chi connectivity index (χ1) is 35.0. The van der Waals surface area contributed by atoms with Gasteiger partial charge in [0, 0.05) is 19.3 Å². The normalized spacial score (nSPS) is 12.9. The fraction of sp³-hybridized carbons (Fsp3) is 0.677. The Morgan fingerprint density at radius 1 is 0.296 bits per heavy atom. The second-order valence-corrected chi connectivity index (χ2v) is 19.2. The zero-order chi connectivity index (χ0) is 51.4. The molecule has 0 aliphatic rings. The number of carbonyl (C=O) groups is 3. The highest BCUT2D eigenvalue weighted by molar-refractivity contribution is 5.71. The van der Waals surface area contributed by atoms with Crippen LogP contribution in [0, 0.1) is 0 Å². The lowest BCUT2D eigenvalue weighted by atomic mass is 10.0. The Labute approximate surface area is 438 Å². The fourth-order valence-electron chi connectivity index (χ4n) is 7.87. The van der Waals surface area contributed by atoms with Crippen molar-refractivity contribution in [3.63, 3.8) is 0 Å².